The van der Waals surface area contributed by atoms with Crippen molar-refractivity contribution in [2.45, 2.75) is 0 Å². The number of ether oxygens (including phenoxy) is 5. The molecule has 2 aromatic carbocycles. The van der Waals surface area contributed by atoms with Gasteiger partial charge in [-0.15, -0.1) is 0 Å². The van der Waals surface area contributed by atoms with Crippen LogP contribution in [-0.2, 0) is 4.79 Å². The highest BCUT2D eigenvalue weighted by Gasteiger charge is 2.11. The van der Waals surface area contributed by atoms with Gasteiger partial charge in [0.25, 0.3) is 0 Å². The van der Waals surface area contributed by atoms with Crippen molar-refractivity contribution in [1.29, 1.82) is 0 Å². The summed E-state index contributed by atoms with van der Waals surface area (Å²) in [6.07, 6.45) is 3.04. The van der Waals surface area contributed by atoms with Crippen molar-refractivity contribution in [2.24, 2.45) is 0 Å². The first-order valence-electron chi connectivity index (χ1n) is 8.07. The highest BCUT2D eigenvalue weighted by molar-refractivity contribution is 6.02. The first-order valence-corrected chi connectivity index (χ1v) is 8.07. The summed E-state index contributed by atoms with van der Waals surface area (Å²) in [5.74, 6) is 2.45. The van der Waals surface area contributed by atoms with Crippen LogP contribution in [0.25, 0.3) is 6.08 Å². The fourth-order valence-electron chi connectivity index (χ4n) is 2.45. The number of hydrogen-bond acceptors (Lipinski definition) is 6. The van der Waals surface area contributed by atoms with E-state index in [4.69, 9.17) is 23.7 Å². The topological polar surface area (TPSA) is 75.3 Å². The van der Waals surface area contributed by atoms with Crippen molar-refractivity contribution in [1.82, 2.24) is 0 Å². The summed E-state index contributed by atoms with van der Waals surface area (Å²) in [5.41, 5.74) is 1.26. The predicted molar refractivity (Wildman–Crippen MR) is 103 cm³/mol. The summed E-state index contributed by atoms with van der Waals surface area (Å²) < 4.78 is 26.3. The quantitative estimate of drug-likeness (QED) is 0.715. The van der Waals surface area contributed by atoms with E-state index in [9.17, 15) is 4.79 Å². The van der Waals surface area contributed by atoms with Crippen LogP contribution in [-0.4, -0.2) is 41.5 Å². The molecule has 0 aliphatic rings. The Kier molecular flexibility index (Phi) is 6.93. The molecule has 7 heteroatoms. The van der Waals surface area contributed by atoms with Gasteiger partial charge in [0.15, 0.2) is 23.0 Å². The molecule has 0 radical (unpaired) electrons. The molecule has 0 atom stereocenters. The molecule has 0 aromatic heterocycles. The lowest BCUT2D eigenvalue weighted by atomic mass is 10.1. The van der Waals surface area contributed by atoms with Gasteiger partial charge in [-0.05, 0) is 24.3 Å². The molecular formula is C20H23NO6. The van der Waals surface area contributed by atoms with Crippen LogP contribution in [0, 0.1) is 0 Å². The number of amides is 1. The molecule has 0 heterocycles. The molecular weight excluding hydrogens is 350 g/mol. The van der Waals surface area contributed by atoms with Crippen molar-refractivity contribution >= 4 is 17.7 Å². The molecule has 0 saturated carbocycles. The summed E-state index contributed by atoms with van der Waals surface area (Å²) >= 11 is 0. The average Bonchev–Trinajstić information content (AvgIpc) is 2.71. The molecule has 0 saturated heterocycles. The SMILES string of the molecule is COc1cc(OC)c(OC)cc1C=CC(=O)Nc1ccc(OC)c(OC)c1. The summed E-state index contributed by atoms with van der Waals surface area (Å²) in [5, 5.41) is 2.77. The Balaban J connectivity index is 2.19. The van der Waals surface area contributed by atoms with E-state index in [1.54, 1.807) is 64.8 Å². The van der Waals surface area contributed by atoms with Crippen LogP contribution in [0.15, 0.2) is 36.4 Å². The van der Waals surface area contributed by atoms with Gasteiger partial charge in [0.1, 0.15) is 5.75 Å². The van der Waals surface area contributed by atoms with Crippen molar-refractivity contribution in [3.05, 3.63) is 42.0 Å². The molecule has 0 unspecified atom stereocenters. The minimum atomic E-state index is -0.306. The van der Waals surface area contributed by atoms with Gasteiger partial charge in [-0.2, -0.15) is 0 Å². The molecule has 0 aliphatic carbocycles. The van der Waals surface area contributed by atoms with Crippen LogP contribution in [0.3, 0.4) is 0 Å². The summed E-state index contributed by atoms with van der Waals surface area (Å²) in [6, 6.07) is 8.56. The molecule has 0 bridgehead atoms. The Morgan fingerprint density at radius 2 is 1.30 bits per heavy atom. The molecule has 0 fully saturated rings. The largest absolute Gasteiger partial charge is 0.496 e. The second-order valence-electron chi connectivity index (χ2n) is 5.34. The average molecular weight is 373 g/mol. The Hall–Kier alpha value is -3.35. The molecule has 144 valence electrons. The van der Waals surface area contributed by atoms with E-state index >= 15 is 0 Å². The number of methoxy groups -OCH3 is 5. The predicted octanol–water partition coefficient (Wildman–Crippen LogP) is 3.38. The highest BCUT2D eigenvalue weighted by atomic mass is 16.5. The maximum atomic E-state index is 12.3. The van der Waals surface area contributed by atoms with Gasteiger partial charge in [-0.3, -0.25) is 4.79 Å². The fourth-order valence-corrected chi connectivity index (χ4v) is 2.45. The minimum Gasteiger partial charge on any atom is -0.496 e. The number of benzene rings is 2. The molecule has 1 amide bonds. The molecule has 2 rings (SSSR count). The van der Waals surface area contributed by atoms with Crippen LogP contribution in [0.2, 0.25) is 0 Å². The van der Waals surface area contributed by atoms with Crippen molar-refractivity contribution in [3.63, 3.8) is 0 Å². The Labute approximate surface area is 158 Å². The van der Waals surface area contributed by atoms with E-state index < -0.39 is 0 Å². The van der Waals surface area contributed by atoms with Gasteiger partial charge in [0.2, 0.25) is 5.91 Å². The lowest BCUT2D eigenvalue weighted by Crippen LogP contribution is -2.08. The maximum absolute atomic E-state index is 12.3. The van der Waals surface area contributed by atoms with Gasteiger partial charge >= 0.3 is 0 Å². The molecule has 0 aliphatic heterocycles. The number of rotatable bonds is 8. The fraction of sp³-hybridized carbons (Fsp3) is 0.250. The molecule has 7 nitrogen and oxygen atoms in total. The zero-order valence-electron chi connectivity index (χ0n) is 16.0. The van der Waals surface area contributed by atoms with E-state index in [0.29, 0.717) is 40.0 Å². The third kappa shape index (κ3) is 4.84. The third-order valence-corrected chi connectivity index (χ3v) is 3.80. The highest BCUT2D eigenvalue weighted by Crippen LogP contribution is 2.35. The lowest BCUT2D eigenvalue weighted by Gasteiger charge is -2.12. The first kappa shape index (κ1) is 20.0. The van der Waals surface area contributed by atoms with E-state index in [1.807, 2.05) is 0 Å². The van der Waals surface area contributed by atoms with E-state index in [-0.39, 0.29) is 5.91 Å². The van der Waals surface area contributed by atoms with E-state index in [1.165, 1.54) is 13.2 Å². The van der Waals surface area contributed by atoms with Gasteiger partial charge < -0.3 is 29.0 Å². The van der Waals surface area contributed by atoms with Gasteiger partial charge in [0, 0.05) is 29.5 Å². The zero-order chi connectivity index (χ0) is 19.8. The van der Waals surface area contributed by atoms with Crippen LogP contribution in [0.1, 0.15) is 5.56 Å². The second-order valence-corrected chi connectivity index (χ2v) is 5.34. The van der Waals surface area contributed by atoms with Crippen molar-refractivity contribution in [2.75, 3.05) is 40.9 Å². The number of hydrogen-bond donors (Lipinski definition) is 1. The Morgan fingerprint density at radius 1 is 0.741 bits per heavy atom. The maximum Gasteiger partial charge on any atom is 0.248 e. The van der Waals surface area contributed by atoms with Crippen molar-refractivity contribution in [3.8, 4) is 28.7 Å². The molecule has 0 spiro atoms. The smallest absolute Gasteiger partial charge is 0.248 e. The van der Waals surface area contributed by atoms with Crippen LogP contribution in [0.4, 0.5) is 5.69 Å². The third-order valence-electron chi connectivity index (χ3n) is 3.80. The second kappa shape index (κ2) is 9.38. The van der Waals surface area contributed by atoms with Crippen LogP contribution in [0.5, 0.6) is 28.7 Å². The molecule has 1 N–H and O–H groups in total. The summed E-state index contributed by atoms with van der Waals surface area (Å²) in [6.45, 7) is 0. The molecule has 27 heavy (non-hydrogen) atoms. The molecule has 2 aromatic rings. The van der Waals surface area contributed by atoms with Gasteiger partial charge in [0.05, 0.1) is 35.5 Å². The van der Waals surface area contributed by atoms with Crippen LogP contribution < -0.4 is 29.0 Å². The number of carbonyl (C=O) groups excluding carboxylic acids is 1. The van der Waals surface area contributed by atoms with Gasteiger partial charge in [-0.25, -0.2) is 0 Å². The monoisotopic (exact) mass is 373 g/mol. The summed E-state index contributed by atoms with van der Waals surface area (Å²) in [7, 11) is 7.72. The Bertz CT molecular complexity index is 831. The van der Waals surface area contributed by atoms with Crippen LogP contribution >= 0.6 is 0 Å². The first-order chi connectivity index (χ1) is 13.1. The van der Waals surface area contributed by atoms with Gasteiger partial charge in [-0.1, -0.05) is 0 Å². The number of carbonyl (C=O) groups is 1. The Morgan fingerprint density at radius 3 is 1.89 bits per heavy atom. The van der Waals surface area contributed by atoms with Crippen molar-refractivity contribution < 1.29 is 28.5 Å². The zero-order valence-corrected chi connectivity index (χ0v) is 16.0. The number of anilines is 1. The number of nitrogens with one attached hydrogen (secondary N) is 1. The summed E-state index contributed by atoms with van der Waals surface area (Å²) in [4.78, 5) is 12.3. The standard InChI is InChI=1S/C20H23NO6/c1-23-15-8-7-14(11-18(15)26-4)21-20(22)9-6-13-10-17(25-3)19(27-5)12-16(13)24-2/h6-12H,1-5H3,(H,21,22). The normalized spacial score (nSPS) is 10.4. The lowest BCUT2D eigenvalue weighted by molar-refractivity contribution is -0.111. The van der Waals surface area contributed by atoms with E-state index in [0.717, 1.165) is 0 Å². The minimum absolute atomic E-state index is 0.306. The van der Waals surface area contributed by atoms with E-state index in [2.05, 4.69) is 5.32 Å².